The van der Waals surface area contributed by atoms with Crippen LogP contribution in [0.1, 0.15) is 13.3 Å². The maximum absolute atomic E-state index is 5.08. The molecule has 0 spiro atoms. The van der Waals surface area contributed by atoms with Crippen LogP contribution in [0.5, 0.6) is 0 Å². The van der Waals surface area contributed by atoms with Crippen molar-refractivity contribution in [1.29, 1.82) is 0 Å². The van der Waals surface area contributed by atoms with Crippen molar-refractivity contribution < 1.29 is 4.74 Å². The highest BCUT2D eigenvalue weighted by molar-refractivity contribution is 5.75. The molecule has 0 aromatic heterocycles. The standard InChI is InChI=1S/C5H9NO/c1-2-3-7-5-4-6-5/h4-5H,2-3H2,1H3. The Morgan fingerprint density at radius 2 is 2.57 bits per heavy atom. The van der Waals surface area contributed by atoms with E-state index in [1.807, 2.05) is 0 Å². The van der Waals surface area contributed by atoms with Crippen LogP contribution in [0, 0.1) is 0 Å². The number of hydrogen-bond donors (Lipinski definition) is 0. The minimum Gasteiger partial charge on any atom is -0.351 e. The lowest BCUT2D eigenvalue weighted by atomic mass is 10.5. The summed E-state index contributed by atoms with van der Waals surface area (Å²) in [6.45, 7) is 2.92. The average Bonchev–Trinajstić information content (AvgIpc) is 2.42. The smallest absolute Gasteiger partial charge is 0.183 e. The predicted molar refractivity (Wildman–Crippen MR) is 28.5 cm³/mol. The third-order valence-electron chi connectivity index (χ3n) is 0.764. The van der Waals surface area contributed by atoms with Crippen LogP contribution in [0.4, 0.5) is 0 Å². The summed E-state index contributed by atoms with van der Waals surface area (Å²) in [4.78, 5) is 3.79. The molecule has 1 atom stereocenters. The van der Waals surface area contributed by atoms with E-state index in [-0.39, 0.29) is 6.23 Å². The first-order chi connectivity index (χ1) is 3.43. The van der Waals surface area contributed by atoms with Gasteiger partial charge < -0.3 is 4.74 Å². The van der Waals surface area contributed by atoms with Gasteiger partial charge in [0, 0.05) is 6.61 Å². The molecule has 0 saturated carbocycles. The van der Waals surface area contributed by atoms with Crippen molar-refractivity contribution in [2.75, 3.05) is 6.61 Å². The van der Waals surface area contributed by atoms with Gasteiger partial charge in [-0.15, -0.1) is 0 Å². The van der Waals surface area contributed by atoms with Gasteiger partial charge in [-0.05, 0) is 6.42 Å². The van der Waals surface area contributed by atoms with Crippen LogP contribution in [0.25, 0.3) is 0 Å². The second-order valence-corrected chi connectivity index (χ2v) is 1.56. The molecule has 1 heterocycles. The highest BCUT2D eigenvalue weighted by Gasteiger charge is 2.10. The van der Waals surface area contributed by atoms with Crippen molar-refractivity contribution in [2.24, 2.45) is 4.99 Å². The van der Waals surface area contributed by atoms with E-state index in [4.69, 9.17) is 4.74 Å². The van der Waals surface area contributed by atoms with Crippen LogP contribution in [-0.4, -0.2) is 19.0 Å². The molecule has 0 N–H and O–H groups in total. The summed E-state index contributed by atoms with van der Waals surface area (Å²) in [6, 6.07) is 0. The van der Waals surface area contributed by atoms with Crippen molar-refractivity contribution in [2.45, 2.75) is 19.6 Å². The fourth-order valence-corrected chi connectivity index (χ4v) is 0.360. The Hall–Kier alpha value is -0.370. The molecule has 0 aromatic rings. The Labute approximate surface area is 43.2 Å². The lowest BCUT2D eigenvalue weighted by Crippen LogP contribution is -1.96. The largest absolute Gasteiger partial charge is 0.351 e. The summed E-state index contributed by atoms with van der Waals surface area (Å²) in [5, 5.41) is 0. The van der Waals surface area contributed by atoms with E-state index in [1.165, 1.54) is 0 Å². The molecule has 2 heteroatoms. The molecule has 1 rings (SSSR count). The molecule has 0 saturated heterocycles. The summed E-state index contributed by atoms with van der Waals surface area (Å²) >= 11 is 0. The molecule has 0 radical (unpaired) electrons. The third kappa shape index (κ3) is 1.69. The SMILES string of the molecule is CCCOC1C=N1. The van der Waals surface area contributed by atoms with Crippen molar-refractivity contribution in [3.63, 3.8) is 0 Å². The Morgan fingerprint density at radius 1 is 1.86 bits per heavy atom. The first-order valence-corrected chi connectivity index (χ1v) is 2.58. The third-order valence-corrected chi connectivity index (χ3v) is 0.764. The second-order valence-electron chi connectivity index (χ2n) is 1.56. The normalized spacial score (nSPS) is 25.6. The highest BCUT2D eigenvalue weighted by Crippen LogP contribution is 2.01. The van der Waals surface area contributed by atoms with E-state index in [0.29, 0.717) is 0 Å². The Morgan fingerprint density at radius 3 is 3.00 bits per heavy atom. The number of aliphatic imine (C=N–C) groups is 1. The number of hydrogen-bond acceptors (Lipinski definition) is 2. The minimum atomic E-state index is 0.153. The average molecular weight is 99.1 g/mol. The molecular weight excluding hydrogens is 90.1 g/mol. The zero-order valence-corrected chi connectivity index (χ0v) is 4.42. The first-order valence-electron chi connectivity index (χ1n) is 2.58. The molecule has 0 bridgehead atoms. The molecule has 1 aliphatic rings. The summed E-state index contributed by atoms with van der Waals surface area (Å²) < 4.78 is 5.08. The second kappa shape index (κ2) is 2.07. The van der Waals surface area contributed by atoms with Crippen molar-refractivity contribution in [3.05, 3.63) is 0 Å². The maximum atomic E-state index is 5.08. The van der Waals surface area contributed by atoms with E-state index in [9.17, 15) is 0 Å². The van der Waals surface area contributed by atoms with E-state index in [0.717, 1.165) is 13.0 Å². The lowest BCUT2D eigenvalue weighted by molar-refractivity contribution is 0.128. The van der Waals surface area contributed by atoms with Crippen LogP contribution in [-0.2, 0) is 4.74 Å². The lowest BCUT2D eigenvalue weighted by Gasteiger charge is -1.92. The molecule has 1 unspecified atom stereocenters. The van der Waals surface area contributed by atoms with Gasteiger partial charge in [0.1, 0.15) is 0 Å². The zero-order valence-electron chi connectivity index (χ0n) is 4.42. The monoisotopic (exact) mass is 99.1 g/mol. The van der Waals surface area contributed by atoms with E-state index in [2.05, 4.69) is 11.9 Å². The van der Waals surface area contributed by atoms with Gasteiger partial charge in [-0.25, -0.2) is 0 Å². The first kappa shape index (κ1) is 4.78. The van der Waals surface area contributed by atoms with E-state index < -0.39 is 0 Å². The maximum Gasteiger partial charge on any atom is 0.183 e. The van der Waals surface area contributed by atoms with Crippen molar-refractivity contribution in [1.82, 2.24) is 0 Å². The molecule has 0 amide bonds. The summed E-state index contributed by atoms with van der Waals surface area (Å²) in [5.74, 6) is 0. The van der Waals surface area contributed by atoms with Gasteiger partial charge in [-0.2, -0.15) is 0 Å². The van der Waals surface area contributed by atoms with Gasteiger partial charge in [-0.1, -0.05) is 6.92 Å². The van der Waals surface area contributed by atoms with Crippen LogP contribution in [0.2, 0.25) is 0 Å². The Balaban J connectivity index is 1.81. The summed E-state index contributed by atoms with van der Waals surface area (Å²) in [7, 11) is 0. The molecule has 7 heavy (non-hydrogen) atoms. The zero-order chi connectivity index (χ0) is 5.11. The number of nitrogens with zero attached hydrogens (tertiary/aromatic N) is 1. The molecule has 0 aliphatic carbocycles. The van der Waals surface area contributed by atoms with Gasteiger partial charge >= 0.3 is 0 Å². The van der Waals surface area contributed by atoms with Crippen LogP contribution in [0.3, 0.4) is 0 Å². The topological polar surface area (TPSA) is 21.6 Å². The van der Waals surface area contributed by atoms with Gasteiger partial charge in [0.15, 0.2) is 6.23 Å². The van der Waals surface area contributed by atoms with Crippen molar-refractivity contribution >= 4 is 6.21 Å². The highest BCUT2D eigenvalue weighted by atomic mass is 16.5. The van der Waals surface area contributed by atoms with Gasteiger partial charge in [-0.3, -0.25) is 4.99 Å². The minimum absolute atomic E-state index is 0.153. The van der Waals surface area contributed by atoms with E-state index in [1.54, 1.807) is 6.21 Å². The van der Waals surface area contributed by atoms with Crippen LogP contribution >= 0.6 is 0 Å². The Bertz CT molecular complexity index is 74.1. The van der Waals surface area contributed by atoms with Gasteiger partial charge in [0.25, 0.3) is 0 Å². The fourth-order valence-electron chi connectivity index (χ4n) is 0.360. The van der Waals surface area contributed by atoms with Crippen molar-refractivity contribution in [3.8, 4) is 0 Å². The van der Waals surface area contributed by atoms with Crippen LogP contribution < -0.4 is 0 Å². The van der Waals surface area contributed by atoms with Crippen LogP contribution in [0.15, 0.2) is 4.99 Å². The van der Waals surface area contributed by atoms with E-state index >= 15 is 0 Å². The molecule has 0 aromatic carbocycles. The molecule has 1 aliphatic heterocycles. The molecular formula is C5H9NO. The predicted octanol–water partition coefficient (Wildman–Crippen LogP) is 0.824. The van der Waals surface area contributed by atoms with Gasteiger partial charge in [0.05, 0.1) is 6.21 Å². The quantitative estimate of drug-likeness (QED) is 0.513. The molecule has 40 valence electrons. The fraction of sp³-hybridized carbons (Fsp3) is 0.800. The Kier molecular flexibility index (Phi) is 1.42. The number of ether oxygens (including phenoxy) is 1. The summed E-state index contributed by atoms with van der Waals surface area (Å²) in [5.41, 5.74) is 0. The molecule has 2 nitrogen and oxygen atoms in total. The number of rotatable bonds is 3. The van der Waals surface area contributed by atoms with Gasteiger partial charge in [0.2, 0.25) is 0 Å². The summed E-state index contributed by atoms with van der Waals surface area (Å²) in [6.07, 6.45) is 3.04. The molecule has 0 fully saturated rings.